The van der Waals surface area contributed by atoms with Crippen molar-refractivity contribution in [2.24, 2.45) is 0 Å². The van der Waals surface area contributed by atoms with Crippen molar-refractivity contribution in [1.82, 2.24) is 19.8 Å². The first kappa shape index (κ1) is 15.4. The Bertz CT molecular complexity index is 537. The first-order valence-corrected chi connectivity index (χ1v) is 7.63. The molecule has 8 nitrogen and oxygen atoms in total. The van der Waals surface area contributed by atoms with E-state index in [2.05, 4.69) is 15.1 Å². The Labute approximate surface area is 112 Å². The number of anilines is 1. The van der Waals surface area contributed by atoms with E-state index < -0.39 is 15.9 Å². The van der Waals surface area contributed by atoms with Crippen LogP contribution in [0.25, 0.3) is 0 Å². The predicted molar refractivity (Wildman–Crippen MR) is 72.1 cm³/mol. The highest BCUT2D eigenvalue weighted by atomic mass is 32.2. The molecular formula is C10H19N5O3S. The van der Waals surface area contributed by atoms with Crippen LogP contribution in [0.1, 0.15) is 24.3 Å². The Kier molecular flexibility index (Phi) is 5.31. The van der Waals surface area contributed by atoms with Crippen LogP contribution < -0.4 is 15.8 Å². The minimum atomic E-state index is -3.34. The van der Waals surface area contributed by atoms with Crippen molar-refractivity contribution in [3.8, 4) is 0 Å². The Morgan fingerprint density at radius 1 is 1.47 bits per heavy atom. The molecule has 0 aromatic carbocycles. The van der Waals surface area contributed by atoms with Gasteiger partial charge >= 0.3 is 0 Å². The number of aromatic nitrogens is 2. The van der Waals surface area contributed by atoms with Crippen LogP contribution in [0.4, 0.5) is 5.69 Å². The summed E-state index contributed by atoms with van der Waals surface area (Å²) < 4.78 is 26.6. The highest BCUT2D eigenvalue weighted by molar-refractivity contribution is 7.89. The topological polar surface area (TPSA) is 119 Å². The number of hydrogen-bond acceptors (Lipinski definition) is 5. The standard InChI is InChI=1S/C10H19N5O3S/c1-3-14-19(17,18)6-5-12-10(16)9-8(11)7-13-15(9)4-2/h7,14H,3-6,11H2,1-2H3,(H,12,16). The summed E-state index contributed by atoms with van der Waals surface area (Å²) in [7, 11) is -3.34. The number of nitrogens with two attached hydrogens (primary N) is 1. The summed E-state index contributed by atoms with van der Waals surface area (Å²) in [5.74, 6) is -0.601. The van der Waals surface area contributed by atoms with E-state index in [1.165, 1.54) is 10.9 Å². The molecule has 0 aliphatic rings. The van der Waals surface area contributed by atoms with E-state index in [0.29, 0.717) is 13.1 Å². The molecule has 1 aromatic rings. The highest BCUT2D eigenvalue weighted by Gasteiger charge is 2.16. The van der Waals surface area contributed by atoms with Gasteiger partial charge in [0, 0.05) is 19.6 Å². The summed E-state index contributed by atoms with van der Waals surface area (Å²) in [6, 6.07) is 0. The van der Waals surface area contributed by atoms with Crippen molar-refractivity contribution in [3.63, 3.8) is 0 Å². The average Bonchev–Trinajstić information content (AvgIpc) is 2.69. The lowest BCUT2D eigenvalue weighted by molar-refractivity contribution is 0.0946. The number of nitrogen functional groups attached to an aromatic ring is 1. The van der Waals surface area contributed by atoms with Crippen LogP contribution in [0, 0.1) is 0 Å². The lowest BCUT2D eigenvalue weighted by atomic mass is 10.3. The fourth-order valence-electron chi connectivity index (χ4n) is 1.56. The minimum absolute atomic E-state index is 0.0164. The number of nitrogens with one attached hydrogen (secondary N) is 2. The first-order valence-electron chi connectivity index (χ1n) is 5.98. The molecule has 1 amide bonds. The van der Waals surface area contributed by atoms with E-state index in [9.17, 15) is 13.2 Å². The third-order valence-corrected chi connectivity index (χ3v) is 3.87. The van der Waals surface area contributed by atoms with Crippen LogP contribution in [0.5, 0.6) is 0 Å². The van der Waals surface area contributed by atoms with Gasteiger partial charge in [-0.05, 0) is 6.92 Å². The summed E-state index contributed by atoms with van der Waals surface area (Å²) in [5, 5.41) is 6.46. The highest BCUT2D eigenvalue weighted by Crippen LogP contribution is 2.09. The molecule has 4 N–H and O–H groups in total. The number of nitrogens with zero attached hydrogens (tertiary/aromatic N) is 2. The fourth-order valence-corrected chi connectivity index (χ4v) is 2.52. The fraction of sp³-hybridized carbons (Fsp3) is 0.600. The van der Waals surface area contributed by atoms with Gasteiger partial charge in [0.15, 0.2) is 0 Å². The van der Waals surface area contributed by atoms with Gasteiger partial charge in [0.05, 0.1) is 17.6 Å². The van der Waals surface area contributed by atoms with Crippen molar-refractivity contribution in [1.29, 1.82) is 0 Å². The van der Waals surface area contributed by atoms with Crippen LogP contribution in [0.3, 0.4) is 0 Å². The maximum atomic E-state index is 11.9. The van der Waals surface area contributed by atoms with Gasteiger partial charge < -0.3 is 11.1 Å². The zero-order valence-corrected chi connectivity index (χ0v) is 11.8. The van der Waals surface area contributed by atoms with E-state index in [0.717, 1.165) is 0 Å². The molecule has 0 atom stereocenters. The van der Waals surface area contributed by atoms with Crippen molar-refractivity contribution in [2.45, 2.75) is 20.4 Å². The van der Waals surface area contributed by atoms with E-state index in [1.54, 1.807) is 6.92 Å². The number of carbonyl (C=O) groups is 1. The number of carbonyl (C=O) groups excluding carboxylic acids is 1. The lowest BCUT2D eigenvalue weighted by Gasteiger charge is -2.08. The van der Waals surface area contributed by atoms with E-state index >= 15 is 0 Å². The zero-order valence-electron chi connectivity index (χ0n) is 11.0. The molecule has 1 aromatic heterocycles. The molecule has 0 radical (unpaired) electrons. The second kappa shape index (κ2) is 6.53. The second-order valence-electron chi connectivity index (χ2n) is 3.84. The summed E-state index contributed by atoms with van der Waals surface area (Å²) in [5.41, 5.74) is 6.17. The van der Waals surface area contributed by atoms with E-state index in [1.807, 2.05) is 6.92 Å². The Morgan fingerprint density at radius 2 is 2.16 bits per heavy atom. The number of rotatable bonds is 7. The van der Waals surface area contributed by atoms with Gasteiger partial charge in [0.1, 0.15) is 5.69 Å². The Balaban J connectivity index is 2.59. The minimum Gasteiger partial charge on any atom is -0.396 e. The van der Waals surface area contributed by atoms with Crippen LogP contribution in [-0.2, 0) is 16.6 Å². The maximum Gasteiger partial charge on any atom is 0.271 e. The molecule has 0 aliphatic heterocycles. The van der Waals surface area contributed by atoms with Gasteiger partial charge in [-0.25, -0.2) is 13.1 Å². The molecule has 0 saturated carbocycles. The molecule has 0 fully saturated rings. The summed E-state index contributed by atoms with van der Waals surface area (Å²) >= 11 is 0. The van der Waals surface area contributed by atoms with Gasteiger partial charge in [-0.2, -0.15) is 5.10 Å². The third-order valence-electron chi connectivity index (χ3n) is 2.40. The summed E-state index contributed by atoms with van der Waals surface area (Å²) in [6.45, 7) is 4.37. The van der Waals surface area contributed by atoms with E-state index in [4.69, 9.17) is 5.73 Å². The Hall–Kier alpha value is -1.61. The monoisotopic (exact) mass is 289 g/mol. The number of aryl methyl sites for hydroxylation is 1. The SMILES string of the molecule is CCNS(=O)(=O)CCNC(=O)c1c(N)cnn1CC. The van der Waals surface area contributed by atoms with Crippen LogP contribution in [0.15, 0.2) is 6.20 Å². The lowest BCUT2D eigenvalue weighted by Crippen LogP contribution is -2.35. The molecule has 0 spiro atoms. The van der Waals surface area contributed by atoms with Crippen molar-refractivity contribution in [3.05, 3.63) is 11.9 Å². The predicted octanol–water partition coefficient (Wildman–Crippen LogP) is -0.846. The van der Waals surface area contributed by atoms with Gasteiger partial charge in [0.2, 0.25) is 10.0 Å². The molecule has 0 aliphatic carbocycles. The van der Waals surface area contributed by atoms with Gasteiger partial charge in [-0.1, -0.05) is 6.92 Å². The number of amides is 1. The molecular weight excluding hydrogens is 270 g/mol. The number of hydrogen-bond donors (Lipinski definition) is 3. The first-order chi connectivity index (χ1) is 8.91. The normalized spacial score (nSPS) is 11.5. The average molecular weight is 289 g/mol. The van der Waals surface area contributed by atoms with E-state index in [-0.39, 0.29) is 23.7 Å². The molecule has 19 heavy (non-hydrogen) atoms. The smallest absolute Gasteiger partial charge is 0.271 e. The Morgan fingerprint density at radius 3 is 2.74 bits per heavy atom. The molecule has 1 heterocycles. The van der Waals surface area contributed by atoms with Crippen molar-refractivity contribution in [2.75, 3.05) is 24.6 Å². The number of sulfonamides is 1. The van der Waals surface area contributed by atoms with Gasteiger partial charge in [0.25, 0.3) is 5.91 Å². The largest absolute Gasteiger partial charge is 0.396 e. The zero-order chi connectivity index (χ0) is 14.5. The quantitative estimate of drug-likeness (QED) is 0.604. The second-order valence-corrected chi connectivity index (χ2v) is 5.76. The van der Waals surface area contributed by atoms with Gasteiger partial charge in [-0.15, -0.1) is 0 Å². The molecule has 9 heteroatoms. The molecule has 0 unspecified atom stereocenters. The van der Waals surface area contributed by atoms with Crippen molar-refractivity contribution >= 4 is 21.6 Å². The van der Waals surface area contributed by atoms with Crippen LogP contribution in [-0.4, -0.2) is 42.9 Å². The van der Waals surface area contributed by atoms with Crippen LogP contribution in [0.2, 0.25) is 0 Å². The molecule has 0 bridgehead atoms. The molecule has 108 valence electrons. The summed E-state index contributed by atoms with van der Waals surface area (Å²) in [4.78, 5) is 11.9. The summed E-state index contributed by atoms with van der Waals surface area (Å²) in [6.07, 6.45) is 1.40. The van der Waals surface area contributed by atoms with Crippen LogP contribution >= 0.6 is 0 Å². The van der Waals surface area contributed by atoms with Gasteiger partial charge in [-0.3, -0.25) is 9.48 Å². The maximum absolute atomic E-state index is 11.9. The van der Waals surface area contributed by atoms with Crippen molar-refractivity contribution < 1.29 is 13.2 Å². The molecule has 0 saturated heterocycles. The molecule has 1 rings (SSSR count). The third kappa shape index (κ3) is 4.21.